The van der Waals surface area contributed by atoms with Crippen molar-refractivity contribution in [2.75, 3.05) is 19.6 Å². The van der Waals surface area contributed by atoms with Gasteiger partial charge in [0.1, 0.15) is 0 Å². The van der Waals surface area contributed by atoms with Crippen LogP contribution in [0, 0.1) is 5.92 Å². The Kier molecular flexibility index (Phi) is 3.98. The van der Waals surface area contributed by atoms with E-state index in [0.29, 0.717) is 24.9 Å². The fourth-order valence-corrected chi connectivity index (χ4v) is 3.45. The number of aromatic nitrogens is 1. The third-order valence-electron chi connectivity index (χ3n) is 4.55. The molecule has 0 saturated carbocycles. The highest BCUT2D eigenvalue weighted by atomic mass is 16.1. The number of carbonyl (C=O) groups is 1. The summed E-state index contributed by atoms with van der Waals surface area (Å²) in [6, 6.07) is 6.54. The van der Waals surface area contributed by atoms with Gasteiger partial charge in [0.15, 0.2) is 0 Å². The Labute approximate surface area is 119 Å². The number of hydrogen-bond acceptors (Lipinski definition) is 4. The molecule has 2 fully saturated rings. The van der Waals surface area contributed by atoms with Gasteiger partial charge in [-0.05, 0) is 30.9 Å². The van der Waals surface area contributed by atoms with E-state index in [-0.39, 0.29) is 11.9 Å². The van der Waals surface area contributed by atoms with Crippen molar-refractivity contribution in [2.45, 2.75) is 31.3 Å². The first-order chi connectivity index (χ1) is 9.78. The van der Waals surface area contributed by atoms with Crippen LogP contribution in [0.25, 0.3) is 0 Å². The molecule has 2 aliphatic heterocycles. The summed E-state index contributed by atoms with van der Waals surface area (Å²) in [5.74, 6) is 0.763. The third-order valence-corrected chi connectivity index (χ3v) is 4.55. The molecule has 20 heavy (non-hydrogen) atoms. The van der Waals surface area contributed by atoms with E-state index in [1.165, 1.54) is 0 Å². The maximum Gasteiger partial charge on any atom is 0.220 e. The Hall–Kier alpha value is -1.46. The molecule has 3 unspecified atom stereocenters. The van der Waals surface area contributed by atoms with Gasteiger partial charge < -0.3 is 11.1 Å². The van der Waals surface area contributed by atoms with Gasteiger partial charge in [-0.1, -0.05) is 6.07 Å². The second-order valence-electron chi connectivity index (χ2n) is 5.76. The van der Waals surface area contributed by atoms with Gasteiger partial charge in [0.2, 0.25) is 5.91 Å². The number of fused-ring (bicyclic) bond motifs is 1. The van der Waals surface area contributed by atoms with E-state index in [1.807, 2.05) is 24.4 Å². The van der Waals surface area contributed by atoms with Crippen molar-refractivity contribution < 1.29 is 4.79 Å². The van der Waals surface area contributed by atoms with Crippen LogP contribution in [0.4, 0.5) is 0 Å². The summed E-state index contributed by atoms with van der Waals surface area (Å²) < 4.78 is 0. The lowest BCUT2D eigenvalue weighted by Gasteiger charge is -2.44. The molecule has 108 valence electrons. The van der Waals surface area contributed by atoms with E-state index in [2.05, 4.69) is 15.2 Å². The van der Waals surface area contributed by atoms with Crippen molar-refractivity contribution in [2.24, 2.45) is 11.7 Å². The topological polar surface area (TPSA) is 71.2 Å². The molecule has 5 heteroatoms. The molecule has 5 nitrogen and oxygen atoms in total. The highest BCUT2D eigenvalue weighted by Gasteiger charge is 2.36. The standard InChI is InChI=1S/C15H22N4O/c16-9-14(13-3-1-2-7-17-13)19-8-6-12-11(10-19)4-5-15(20)18-12/h1-3,7,11-12,14H,4-6,8-10,16H2,(H,18,20). The fourth-order valence-electron chi connectivity index (χ4n) is 3.45. The third kappa shape index (κ3) is 2.69. The number of amides is 1. The van der Waals surface area contributed by atoms with Crippen LogP contribution in [0.1, 0.15) is 31.0 Å². The highest BCUT2D eigenvalue weighted by Crippen LogP contribution is 2.29. The molecule has 3 heterocycles. The average Bonchev–Trinajstić information content (AvgIpc) is 2.49. The number of carbonyl (C=O) groups excluding carboxylic acids is 1. The molecule has 1 aromatic rings. The number of likely N-dealkylation sites (tertiary alicyclic amines) is 1. The van der Waals surface area contributed by atoms with Crippen LogP contribution in [-0.4, -0.2) is 41.5 Å². The minimum Gasteiger partial charge on any atom is -0.353 e. The molecule has 0 bridgehead atoms. The molecule has 3 N–H and O–H groups in total. The normalized spacial score (nSPS) is 28.6. The number of rotatable bonds is 3. The SMILES string of the molecule is NCC(c1ccccn1)N1CCC2NC(=O)CCC2C1. The first-order valence-corrected chi connectivity index (χ1v) is 7.42. The van der Waals surface area contributed by atoms with E-state index in [1.54, 1.807) is 0 Å². The van der Waals surface area contributed by atoms with Crippen LogP contribution in [0.5, 0.6) is 0 Å². The van der Waals surface area contributed by atoms with Crippen molar-refractivity contribution in [3.8, 4) is 0 Å². The van der Waals surface area contributed by atoms with Crippen LogP contribution in [-0.2, 0) is 4.79 Å². The van der Waals surface area contributed by atoms with Gasteiger partial charge in [0.25, 0.3) is 0 Å². The summed E-state index contributed by atoms with van der Waals surface area (Å²) >= 11 is 0. The van der Waals surface area contributed by atoms with Crippen molar-refractivity contribution in [1.29, 1.82) is 0 Å². The van der Waals surface area contributed by atoms with Crippen molar-refractivity contribution in [3.63, 3.8) is 0 Å². The maximum absolute atomic E-state index is 11.5. The van der Waals surface area contributed by atoms with Crippen molar-refractivity contribution in [1.82, 2.24) is 15.2 Å². The van der Waals surface area contributed by atoms with Crippen molar-refractivity contribution in [3.05, 3.63) is 30.1 Å². The van der Waals surface area contributed by atoms with Crippen molar-refractivity contribution >= 4 is 5.91 Å². The number of pyridine rings is 1. The van der Waals surface area contributed by atoms with Gasteiger partial charge >= 0.3 is 0 Å². The largest absolute Gasteiger partial charge is 0.353 e. The van der Waals surface area contributed by atoms with Crippen LogP contribution in [0.3, 0.4) is 0 Å². The first kappa shape index (κ1) is 13.5. The van der Waals surface area contributed by atoms with Gasteiger partial charge in [-0.2, -0.15) is 0 Å². The van der Waals surface area contributed by atoms with E-state index in [0.717, 1.165) is 31.6 Å². The zero-order chi connectivity index (χ0) is 13.9. The highest BCUT2D eigenvalue weighted by molar-refractivity contribution is 5.77. The summed E-state index contributed by atoms with van der Waals surface area (Å²) in [5.41, 5.74) is 7.02. The zero-order valence-corrected chi connectivity index (χ0v) is 11.7. The molecule has 3 atom stereocenters. The predicted molar refractivity (Wildman–Crippen MR) is 76.9 cm³/mol. The Morgan fingerprint density at radius 1 is 1.45 bits per heavy atom. The average molecular weight is 274 g/mol. The van der Waals surface area contributed by atoms with E-state index in [4.69, 9.17) is 5.73 Å². The second-order valence-corrected chi connectivity index (χ2v) is 5.76. The fraction of sp³-hybridized carbons (Fsp3) is 0.600. The summed E-state index contributed by atoms with van der Waals surface area (Å²) in [6.07, 6.45) is 4.49. The summed E-state index contributed by atoms with van der Waals surface area (Å²) in [6.45, 7) is 2.56. The summed E-state index contributed by atoms with van der Waals surface area (Å²) in [7, 11) is 0. The Morgan fingerprint density at radius 3 is 3.10 bits per heavy atom. The minimum atomic E-state index is 0.190. The second kappa shape index (κ2) is 5.89. The summed E-state index contributed by atoms with van der Waals surface area (Å²) in [4.78, 5) is 18.3. The van der Waals surface area contributed by atoms with Gasteiger partial charge in [-0.15, -0.1) is 0 Å². The van der Waals surface area contributed by atoms with Gasteiger partial charge in [0, 0.05) is 38.3 Å². The molecule has 0 spiro atoms. The first-order valence-electron chi connectivity index (χ1n) is 7.42. The molecule has 3 rings (SSSR count). The molecule has 0 radical (unpaired) electrons. The Bertz CT molecular complexity index is 464. The molecule has 0 aliphatic carbocycles. The molecular formula is C15H22N4O. The number of nitrogens with one attached hydrogen (secondary N) is 1. The number of nitrogens with two attached hydrogens (primary N) is 1. The van der Waals surface area contributed by atoms with Crippen LogP contribution in [0.2, 0.25) is 0 Å². The molecule has 2 aliphatic rings. The van der Waals surface area contributed by atoms with Gasteiger partial charge in [0.05, 0.1) is 11.7 Å². The number of nitrogens with zero attached hydrogens (tertiary/aromatic N) is 2. The molecule has 1 amide bonds. The molecule has 2 saturated heterocycles. The molecule has 1 aromatic heterocycles. The van der Waals surface area contributed by atoms with Gasteiger partial charge in [-0.3, -0.25) is 14.7 Å². The minimum absolute atomic E-state index is 0.190. The van der Waals surface area contributed by atoms with Crippen LogP contribution in [0.15, 0.2) is 24.4 Å². The summed E-state index contributed by atoms with van der Waals surface area (Å²) in [5, 5.41) is 3.12. The lowest BCUT2D eigenvalue weighted by atomic mass is 9.84. The van der Waals surface area contributed by atoms with E-state index in [9.17, 15) is 4.79 Å². The van der Waals surface area contributed by atoms with Gasteiger partial charge in [-0.25, -0.2) is 0 Å². The van der Waals surface area contributed by atoms with E-state index < -0.39 is 0 Å². The van der Waals surface area contributed by atoms with E-state index >= 15 is 0 Å². The zero-order valence-electron chi connectivity index (χ0n) is 11.7. The predicted octanol–water partition coefficient (Wildman–Crippen LogP) is 0.682. The Balaban J connectivity index is 1.70. The quantitative estimate of drug-likeness (QED) is 0.850. The number of hydrogen-bond donors (Lipinski definition) is 2. The smallest absolute Gasteiger partial charge is 0.220 e. The molecular weight excluding hydrogens is 252 g/mol. The van der Waals surface area contributed by atoms with Crippen LogP contribution < -0.4 is 11.1 Å². The monoisotopic (exact) mass is 274 g/mol. The lowest BCUT2D eigenvalue weighted by Crippen LogP contribution is -2.55. The lowest BCUT2D eigenvalue weighted by molar-refractivity contribution is -0.125. The molecule has 0 aromatic carbocycles. The maximum atomic E-state index is 11.5. The van der Waals surface area contributed by atoms with Crippen LogP contribution >= 0.6 is 0 Å². The Morgan fingerprint density at radius 2 is 2.35 bits per heavy atom. The number of piperidine rings is 2.